The Morgan fingerprint density at radius 3 is 2.88 bits per heavy atom. The van der Waals surface area contributed by atoms with Crippen LogP contribution in [-0.2, 0) is 27.8 Å². The number of rotatable bonds is 6. The van der Waals surface area contributed by atoms with E-state index in [0.29, 0.717) is 31.3 Å². The normalized spacial score (nSPS) is 15.8. The van der Waals surface area contributed by atoms with Gasteiger partial charge in [-0.15, -0.1) is 0 Å². The highest BCUT2D eigenvalue weighted by molar-refractivity contribution is 7.89. The van der Waals surface area contributed by atoms with Gasteiger partial charge in [0.05, 0.1) is 23.9 Å². The fourth-order valence-corrected chi connectivity index (χ4v) is 4.51. The topological polar surface area (TPSA) is 64.4 Å². The van der Waals surface area contributed by atoms with Gasteiger partial charge in [-0.3, -0.25) is 0 Å². The van der Waals surface area contributed by atoms with Gasteiger partial charge in [-0.2, -0.15) is 4.31 Å². The summed E-state index contributed by atoms with van der Waals surface area (Å²) >= 11 is 6.05. The molecule has 0 amide bonds. The number of aromatic nitrogens is 2. The van der Waals surface area contributed by atoms with Gasteiger partial charge in [0.15, 0.2) is 0 Å². The molecule has 0 aliphatic carbocycles. The van der Waals surface area contributed by atoms with E-state index in [1.54, 1.807) is 10.5 Å². The second kappa shape index (κ2) is 7.00. The molecule has 0 N–H and O–H groups in total. The summed E-state index contributed by atoms with van der Waals surface area (Å²) in [7, 11) is -3.32. The van der Waals surface area contributed by atoms with Crippen molar-refractivity contribution in [1.82, 2.24) is 13.9 Å². The lowest BCUT2D eigenvalue weighted by Crippen LogP contribution is -2.40. The first-order valence-electron chi connectivity index (χ1n) is 8.13. The highest BCUT2D eigenvalue weighted by atomic mass is 35.5. The fourth-order valence-electron chi connectivity index (χ4n) is 3.09. The molecule has 1 aliphatic rings. The molecule has 0 bridgehead atoms. The lowest BCUT2D eigenvalue weighted by Gasteiger charge is -2.28. The predicted octanol–water partition coefficient (Wildman–Crippen LogP) is 2.57. The van der Waals surface area contributed by atoms with Crippen molar-refractivity contribution >= 4 is 32.7 Å². The molecule has 132 valence electrons. The van der Waals surface area contributed by atoms with Gasteiger partial charge < -0.3 is 9.30 Å². The minimum Gasteiger partial charge on any atom is -0.380 e. The van der Waals surface area contributed by atoms with Crippen molar-refractivity contribution < 1.29 is 13.2 Å². The molecule has 0 aromatic carbocycles. The van der Waals surface area contributed by atoms with E-state index in [1.165, 1.54) is 0 Å². The van der Waals surface area contributed by atoms with Gasteiger partial charge in [-0.25, -0.2) is 13.4 Å². The molecule has 0 saturated heterocycles. The van der Waals surface area contributed by atoms with Crippen LogP contribution in [0.25, 0.3) is 11.0 Å². The predicted molar refractivity (Wildman–Crippen MR) is 94.8 cm³/mol. The van der Waals surface area contributed by atoms with Crippen molar-refractivity contribution in [2.75, 3.05) is 25.5 Å². The zero-order chi connectivity index (χ0) is 17.3. The second-order valence-electron chi connectivity index (χ2n) is 6.01. The molecule has 24 heavy (non-hydrogen) atoms. The maximum absolute atomic E-state index is 12.5. The maximum Gasteiger partial charge on any atom is 0.216 e. The van der Waals surface area contributed by atoms with Crippen LogP contribution in [0, 0.1) is 6.92 Å². The number of hydrogen-bond acceptors (Lipinski definition) is 4. The van der Waals surface area contributed by atoms with Crippen molar-refractivity contribution in [2.24, 2.45) is 0 Å². The first kappa shape index (κ1) is 17.7. The molecule has 3 rings (SSSR count). The van der Waals surface area contributed by atoms with Crippen molar-refractivity contribution in [1.29, 1.82) is 0 Å². The average molecular weight is 372 g/mol. The minimum absolute atomic E-state index is 0.0242. The molecule has 1 aliphatic heterocycles. The van der Waals surface area contributed by atoms with Crippen LogP contribution in [0.5, 0.6) is 0 Å². The lowest BCUT2D eigenvalue weighted by atomic mass is 10.2. The van der Waals surface area contributed by atoms with E-state index in [4.69, 9.17) is 16.3 Å². The molecule has 3 heterocycles. The molecule has 0 spiro atoms. The number of fused-ring (bicyclic) bond motifs is 3. The molecule has 0 radical (unpaired) electrons. The highest BCUT2D eigenvalue weighted by Crippen LogP contribution is 2.30. The van der Waals surface area contributed by atoms with Crippen molar-refractivity contribution in [3.63, 3.8) is 0 Å². The van der Waals surface area contributed by atoms with Crippen molar-refractivity contribution in [3.05, 3.63) is 28.5 Å². The maximum atomic E-state index is 12.5. The van der Waals surface area contributed by atoms with Crippen LogP contribution < -0.4 is 0 Å². The molecular formula is C16H22ClN3O3S. The number of halogens is 1. The largest absolute Gasteiger partial charge is 0.380 e. The summed E-state index contributed by atoms with van der Waals surface area (Å²) in [6.07, 6.45) is 2.52. The molecule has 6 nitrogen and oxygen atoms in total. The molecule has 0 fully saturated rings. The molecule has 0 atom stereocenters. The fraction of sp³-hybridized carbons (Fsp3) is 0.562. The van der Waals surface area contributed by atoms with Gasteiger partial charge in [-0.1, -0.05) is 18.5 Å². The number of nitrogens with zero attached hydrogens (tertiary/aromatic N) is 3. The van der Waals surface area contributed by atoms with E-state index in [1.807, 2.05) is 19.9 Å². The second-order valence-corrected chi connectivity index (χ2v) is 8.53. The van der Waals surface area contributed by atoms with Gasteiger partial charge in [0.25, 0.3) is 0 Å². The van der Waals surface area contributed by atoms with Gasteiger partial charge in [0.2, 0.25) is 10.0 Å². The number of hydrogen-bond donors (Lipinski definition) is 0. The minimum atomic E-state index is -3.32. The van der Waals surface area contributed by atoms with E-state index in [0.717, 1.165) is 28.7 Å². The first-order valence-corrected chi connectivity index (χ1v) is 10.1. The van der Waals surface area contributed by atoms with Crippen LogP contribution in [0.1, 0.15) is 24.6 Å². The van der Waals surface area contributed by atoms with Gasteiger partial charge in [0.1, 0.15) is 5.65 Å². The van der Waals surface area contributed by atoms with Crippen LogP contribution in [-0.4, -0.2) is 47.8 Å². The molecule has 8 heteroatoms. The van der Waals surface area contributed by atoms with Gasteiger partial charge >= 0.3 is 0 Å². The Morgan fingerprint density at radius 1 is 1.33 bits per heavy atom. The van der Waals surface area contributed by atoms with Gasteiger partial charge in [0, 0.05) is 37.0 Å². The van der Waals surface area contributed by atoms with Crippen LogP contribution >= 0.6 is 11.6 Å². The molecule has 0 saturated carbocycles. The quantitative estimate of drug-likeness (QED) is 0.732. The molecular weight excluding hydrogens is 350 g/mol. The Labute approximate surface area is 147 Å². The van der Waals surface area contributed by atoms with E-state index in [2.05, 4.69) is 9.55 Å². The third-order valence-electron chi connectivity index (χ3n) is 4.38. The van der Waals surface area contributed by atoms with Crippen LogP contribution in [0.15, 0.2) is 12.3 Å². The Balaban J connectivity index is 1.83. The summed E-state index contributed by atoms with van der Waals surface area (Å²) in [6, 6.07) is 1.89. The number of ether oxygens (including phenoxy) is 1. The van der Waals surface area contributed by atoms with Crippen LogP contribution in [0.4, 0.5) is 0 Å². The molecule has 0 unspecified atom stereocenters. The number of aryl methyl sites for hydroxylation is 1. The third-order valence-corrected chi connectivity index (χ3v) is 6.37. The summed E-state index contributed by atoms with van der Waals surface area (Å²) in [4.78, 5) is 4.42. The van der Waals surface area contributed by atoms with E-state index < -0.39 is 10.0 Å². The molecule has 2 aromatic heterocycles. The summed E-state index contributed by atoms with van der Waals surface area (Å²) in [5.41, 5.74) is 2.90. The van der Waals surface area contributed by atoms with E-state index in [-0.39, 0.29) is 12.4 Å². The van der Waals surface area contributed by atoms with E-state index >= 15 is 0 Å². The number of sulfonamides is 1. The smallest absolute Gasteiger partial charge is 0.216 e. The Morgan fingerprint density at radius 2 is 2.12 bits per heavy atom. The van der Waals surface area contributed by atoms with Crippen LogP contribution in [0.2, 0.25) is 5.02 Å². The number of pyridine rings is 1. The van der Waals surface area contributed by atoms with Crippen molar-refractivity contribution in [3.8, 4) is 0 Å². The Bertz CT molecular complexity index is 848. The van der Waals surface area contributed by atoms with E-state index in [9.17, 15) is 8.42 Å². The summed E-state index contributed by atoms with van der Waals surface area (Å²) in [6.45, 7) is 6.25. The molecule has 2 aromatic rings. The lowest BCUT2D eigenvalue weighted by molar-refractivity contribution is 0.148. The average Bonchev–Trinajstić information content (AvgIpc) is 2.84. The summed E-state index contributed by atoms with van der Waals surface area (Å²) in [5.74, 6) is 0.0242. The highest BCUT2D eigenvalue weighted by Gasteiger charge is 2.29. The van der Waals surface area contributed by atoms with Crippen molar-refractivity contribution in [2.45, 2.75) is 33.4 Å². The monoisotopic (exact) mass is 371 g/mol. The van der Waals surface area contributed by atoms with Crippen LogP contribution in [0.3, 0.4) is 0 Å². The summed E-state index contributed by atoms with van der Waals surface area (Å²) in [5, 5.41) is 1.58. The zero-order valence-electron chi connectivity index (χ0n) is 14.0. The zero-order valence-corrected chi connectivity index (χ0v) is 15.5. The Kier molecular flexibility index (Phi) is 5.15. The third kappa shape index (κ3) is 3.31. The SMILES string of the molecule is CCCOCCS(=O)(=O)N1CCn2c(c(C)c3cc(Cl)cnc32)C1. The first-order chi connectivity index (χ1) is 11.4. The Hall–Kier alpha value is -1.15. The standard InChI is InChI=1S/C16H22ClN3O3S/c1-3-6-23-7-8-24(21,22)19-4-5-20-15(11-19)12(2)14-9-13(17)10-18-16(14)20/h9-10H,3-8,11H2,1-2H3. The van der Waals surface area contributed by atoms with Gasteiger partial charge in [-0.05, 0) is 25.0 Å². The summed E-state index contributed by atoms with van der Waals surface area (Å²) < 4.78 is 34.1.